The van der Waals surface area contributed by atoms with Crippen LogP contribution in [0.25, 0.3) is 11.3 Å². The molecule has 2 N–H and O–H groups in total. The summed E-state index contributed by atoms with van der Waals surface area (Å²) in [5.74, 6) is -1.14. The van der Waals surface area contributed by atoms with Gasteiger partial charge in [0.1, 0.15) is 5.69 Å². The quantitative estimate of drug-likeness (QED) is 0.812. The van der Waals surface area contributed by atoms with Crippen molar-refractivity contribution in [1.29, 1.82) is 0 Å². The largest absolute Gasteiger partial charge is 0.479 e. The number of halogens is 1. The fourth-order valence-electron chi connectivity index (χ4n) is 1.31. The van der Waals surface area contributed by atoms with Gasteiger partial charge < -0.3 is 15.1 Å². The molecule has 0 saturated heterocycles. The average Bonchev–Trinajstić information content (AvgIpc) is 2.68. The summed E-state index contributed by atoms with van der Waals surface area (Å²) in [5.41, 5.74) is 0.827. The standard InChI is InChI=1S/C10H8ClN3O4/c11-7-1-6(3-12-4-7)8-2-9(13-14(8)17)18-5-10(15)16/h1-4,17H,5H2,(H,15,16). The molecule has 0 radical (unpaired) electrons. The number of hydrogen-bond donors (Lipinski definition) is 2. The highest BCUT2D eigenvalue weighted by Crippen LogP contribution is 2.24. The Balaban J connectivity index is 2.26. The topological polar surface area (TPSA) is 97.5 Å². The molecule has 0 amide bonds. The second kappa shape index (κ2) is 4.92. The first-order chi connectivity index (χ1) is 8.56. The van der Waals surface area contributed by atoms with Crippen LogP contribution in [-0.2, 0) is 4.79 Å². The zero-order valence-electron chi connectivity index (χ0n) is 8.95. The van der Waals surface area contributed by atoms with Gasteiger partial charge in [0.2, 0.25) is 5.88 Å². The minimum absolute atomic E-state index is 0.00474. The third-order valence-corrected chi connectivity index (χ3v) is 2.22. The van der Waals surface area contributed by atoms with Gasteiger partial charge in [0.15, 0.2) is 6.61 Å². The third-order valence-electron chi connectivity index (χ3n) is 2.01. The van der Waals surface area contributed by atoms with Crippen molar-refractivity contribution in [2.24, 2.45) is 0 Å². The summed E-state index contributed by atoms with van der Waals surface area (Å²) in [6.07, 6.45) is 2.93. The maximum absolute atomic E-state index is 10.3. The first-order valence-electron chi connectivity index (χ1n) is 4.81. The van der Waals surface area contributed by atoms with Crippen molar-refractivity contribution in [2.75, 3.05) is 6.61 Å². The van der Waals surface area contributed by atoms with E-state index in [1.807, 2.05) is 0 Å². The van der Waals surface area contributed by atoms with Gasteiger partial charge in [0, 0.05) is 24.0 Å². The molecule has 0 aliphatic carbocycles. The van der Waals surface area contributed by atoms with Crippen molar-refractivity contribution in [3.8, 4) is 17.1 Å². The summed E-state index contributed by atoms with van der Waals surface area (Å²) >= 11 is 5.77. The molecule has 0 unspecified atom stereocenters. The number of aromatic nitrogens is 3. The molecule has 0 aliphatic rings. The summed E-state index contributed by atoms with van der Waals surface area (Å²) in [6.45, 7) is -0.537. The lowest BCUT2D eigenvalue weighted by atomic mass is 10.2. The molecule has 18 heavy (non-hydrogen) atoms. The Morgan fingerprint density at radius 1 is 1.44 bits per heavy atom. The lowest BCUT2D eigenvalue weighted by Gasteiger charge is -1.98. The first kappa shape index (κ1) is 12.2. The van der Waals surface area contributed by atoms with E-state index in [2.05, 4.69) is 10.1 Å². The van der Waals surface area contributed by atoms with Gasteiger partial charge in [-0.2, -0.15) is 0 Å². The van der Waals surface area contributed by atoms with Crippen molar-refractivity contribution in [3.63, 3.8) is 0 Å². The zero-order chi connectivity index (χ0) is 13.1. The minimum atomic E-state index is -1.13. The number of carboxylic acid groups (broad SMARTS) is 1. The molecule has 8 heteroatoms. The first-order valence-corrected chi connectivity index (χ1v) is 5.19. The average molecular weight is 270 g/mol. The minimum Gasteiger partial charge on any atom is -0.479 e. The highest BCUT2D eigenvalue weighted by Gasteiger charge is 2.12. The summed E-state index contributed by atoms with van der Waals surface area (Å²) in [6, 6.07) is 2.97. The van der Waals surface area contributed by atoms with Gasteiger partial charge in [0.25, 0.3) is 0 Å². The van der Waals surface area contributed by atoms with Crippen LogP contribution >= 0.6 is 11.6 Å². The Kier molecular flexibility index (Phi) is 3.33. The summed E-state index contributed by atoms with van der Waals surface area (Å²) in [7, 11) is 0. The molecule has 0 spiro atoms. The Labute approximate surface area is 106 Å². The van der Waals surface area contributed by atoms with E-state index < -0.39 is 12.6 Å². The van der Waals surface area contributed by atoms with Gasteiger partial charge >= 0.3 is 5.97 Å². The third kappa shape index (κ3) is 2.69. The molecule has 0 saturated carbocycles. The number of ether oxygens (including phenoxy) is 1. The van der Waals surface area contributed by atoms with Crippen molar-refractivity contribution >= 4 is 17.6 Å². The number of pyridine rings is 1. The molecule has 2 heterocycles. The van der Waals surface area contributed by atoms with Crippen LogP contribution in [0.4, 0.5) is 0 Å². The number of carboxylic acids is 1. The van der Waals surface area contributed by atoms with E-state index in [0.717, 1.165) is 0 Å². The molecule has 7 nitrogen and oxygen atoms in total. The molecule has 0 aliphatic heterocycles. The van der Waals surface area contributed by atoms with Crippen LogP contribution in [0, 0.1) is 0 Å². The van der Waals surface area contributed by atoms with E-state index in [4.69, 9.17) is 21.4 Å². The Morgan fingerprint density at radius 2 is 2.22 bits per heavy atom. The lowest BCUT2D eigenvalue weighted by molar-refractivity contribution is -0.139. The summed E-state index contributed by atoms with van der Waals surface area (Å²) < 4.78 is 4.84. The summed E-state index contributed by atoms with van der Waals surface area (Å²) in [4.78, 5) is 14.8. The van der Waals surface area contributed by atoms with E-state index >= 15 is 0 Å². The van der Waals surface area contributed by atoms with Crippen molar-refractivity contribution in [1.82, 2.24) is 14.9 Å². The van der Waals surface area contributed by atoms with Crippen LogP contribution in [0.2, 0.25) is 5.02 Å². The lowest BCUT2D eigenvalue weighted by Crippen LogP contribution is -2.09. The van der Waals surface area contributed by atoms with Gasteiger partial charge in [0.05, 0.1) is 5.02 Å². The van der Waals surface area contributed by atoms with Gasteiger partial charge in [-0.25, -0.2) is 4.79 Å². The molecule has 94 valence electrons. The molecular formula is C10H8ClN3O4. The molecule has 2 aromatic rings. The van der Waals surface area contributed by atoms with Gasteiger partial charge in [-0.3, -0.25) is 4.98 Å². The van der Waals surface area contributed by atoms with Crippen molar-refractivity contribution < 1.29 is 19.8 Å². The van der Waals surface area contributed by atoms with E-state index in [1.165, 1.54) is 18.5 Å². The zero-order valence-corrected chi connectivity index (χ0v) is 9.70. The molecular weight excluding hydrogens is 262 g/mol. The van der Waals surface area contributed by atoms with Crippen LogP contribution in [0.15, 0.2) is 24.5 Å². The maximum Gasteiger partial charge on any atom is 0.341 e. The fourth-order valence-corrected chi connectivity index (χ4v) is 1.48. The number of aliphatic carboxylic acids is 1. The van der Waals surface area contributed by atoms with Crippen LogP contribution in [-0.4, -0.2) is 37.8 Å². The number of nitrogens with zero attached hydrogens (tertiary/aromatic N) is 3. The molecule has 0 atom stereocenters. The van der Waals surface area contributed by atoms with E-state index in [9.17, 15) is 10.0 Å². The van der Waals surface area contributed by atoms with Crippen LogP contribution < -0.4 is 4.74 Å². The molecule has 2 rings (SSSR count). The van der Waals surface area contributed by atoms with E-state index in [1.54, 1.807) is 6.07 Å². The normalized spacial score (nSPS) is 10.3. The van der Waals surface area contributed by atoms with Crippen LogP contribution in [0.3, 0.4) is 0 Å². The predicted molar refractivity (Wildman–Crippen MR) is 60.8 cm³/mol. The van der Waals surface area contributed by atoms with Gasteiger partial charge in [-0.05, 0) is 6.07 Å². The second-order valence-electron chi connectivity index (χ2n) is 3.33. The molecule has 0 bridgehead atoms. The molecule has 2 aromatic heterocycles. The Bertz CT molecular complexity index is 584. The smallest absolute Gasteiger partial charge is 0.341 e. The molecule has 0 aromatic carbocycles. The summed E-state index contributed by atoms with van der Waals surface area (Å²) in [5, 5.41) is 22.0. The van der Waals surface area contributed by atoms with E-state index in [0.29, 0.717) is 21.1 Å². The maximum atomic E-state index is 10.3. The van der Waals surface area contributed by atoms with Crippen LogP contribution in [0.5, 0.6) is 5.88 Å². The van der Waals surface area contributed by atoms with Crippen molar-refractivity contribution in [3.05, 3.63) is 29.5 Å². The molecule has 0 fully saturated rings. The van der Waals surface area contributed by atoms with E-state index in [-0.39, 0.29) is 5.88 Å². The number of rotatable bonds is 4. The second-order valence-corrected chi connectivity index (χ2v) is 3.77. The monoisotopic (exact) mass is 269 g/mol. The van der Waals surface area contributed by atoms with Crippen molar-refractivity contribution in [2.45, 2.75) is 0 Å². The Morgan fingerprint density at radius 3 is 2.89 bits per heavy atom. The number of hydrogen-bond acceptors (Lipinski definition) is 5. The van der Waals surface area contributed by atoms with Gasteiger partial charge in [-0.15, -0.1) is 0 Å². The fraction of sp³-hybridized carbons (Fsp3) is 0.100. The highest BCUT2D eigenvalue weighted by atomic mass is 35.5. The van der Waals surface area contributed by atoms with Crippen LogP contribution in [0.1, 0.15) is 0 Å². The van der Waals surface area contributed by atoms with Gasteiger partial charge in [-0.1, -0.05) is 21.5 Å². The Hall–Kier alpha value is -2.28. The number of carbonyl (C=O) groups is 1. The highest BCUT2D eigenvalue weighted by molar-refractivity contribution is 6.30. The predicted octanol–water partition coefficient (Wildman–Crippen LogP) is 1.30. The SMILES string of the molecule is O=C(O)COc1cc(-c2cncc(Cl)c2)n(O)n1.